The van der Waals surface area contributed by atoms with Crippen molar-refractivity contribution in [2.45, 2.75) is 20.0 Å². The highest BCUT2D eigenvalue weighted by Gasteiger charge is 2.21. The number of likely N-dealkylation sites (N-methyl/N-ethyl adjacent to an activating group) is 1. The zero-order chi connectivity index (χ0) is 22.8. The van der Waals surface area contributed by atoms with Gasteiger partial charge in [0.1, 0.15) is 31.9 Å². The van der Waals surface area contributed by atoms with E-state index in [0.29, 0.717) is 11.1 Å². The summed E-state index contributed by atoms with van der Waals surface area (Å²) in [6.07, 6.45) is 0.699. The van der Waals surface area contributed by atoms with Crippen molar-refractivity contribution in [1.82, 2.24) is 5.32 Å². The van der Waals surface area contributed by atoms with Crippen molar-refractivity contribution in [3.8, 4) is 0 Å². The van der Waals surface area contributed by atoms with Crippen LogP contribution in [-0.4, -0.2) is 44.8 Å². The van der Waals surface area contributed by atoms with Gasteiger partial charge >= 0.3 is 0 Å². The van der Waals surface area contributed by atoms with Crippen LogP contribution in [0.25, 0.3) is 0 Å². The minimum Gasteiger partial charge on any atom is -0.399 e. The Kier molecular flexibility index (Phi) is 8.68. The van der Waals surface area contributed by atoms with E-state index in [1.807, 2.05) is 0 Å². The summed E-state index contributed by atoms with van der Waals surface area (Å²) in [6.45, 7) is 3.54. The molecule has 8 nitrogen and oxygen atoms in total. The van der Waals surface area contributed by atoms with E-state index in [0.717, 1.165) is 5.56 Å². The fourth-order valence-corrected chi connectivity index (χ4v) is 2.79. The minimum atomic E-state index is -0.564. The van der Waals surface area contributed by atoms with Crippen molar-refractivity contribution in [2.24, 2.45) is 15.5 Å². The van der Waals surface area contributed by atoms with E-state index in [9.17, 15) is 9.18 Å². The first-order valence-electron chi connectivity index (χ1n) is 9.42. The molecule has 1 atom stereocenters. The smallest absolute Gasteiger partial charge is 0.273 e. The van der Waals surface area contributed by atoms with Gasteiger partial charge in [-0.25, -0.2) is 4.39 Å². The number of oxime groups is 3. The molecule has 0 aliphatic heterocycles. The summed E-state index contributed by atoms with van der Waals surface area (Å²) in [4.78, 5) is 27.4. The lowest BCUT2D eigenvalue weighted by Gasteiger charge is -2.15. The van der Waals surface area contributed by atoms with E-state index in [2.05, 4.69) is 20.8 Å². The molecule has 164 valence electrons. The summed E-state index contributed by atoms with van der Waals surface area (Å²) in [6, 6.07) is 11.8. The van der Waals surface area contributed by atoms with Crippen LogP contribution in [0, 0.1) is 12.7 Å². The van der Waals surface area contributed by atoms with Gasteiger partial charge < -0.3 is 19.8 Å². The molecular formula is C22H25FN4O4. The molecule has 0 bridgehead atoms. The fourth-order valence-electron chi connectivity index (χ4n) is 2.79. The van der Waals surface area contributed by atoms with Crippen molar-refractivity contribution in [2.75, 3.05) is 21.3 Å². The van der Waals surface area contributed by atoms with Gasteiger partial charge in [0.05, 0.1) is 6.21 Å². The number of rotatable bonds is 9. The second kappa shape index (κ2) is 11.4. The summed E-state index contributed by atoms with van der Waals surface area (Å²) >= 11 is 0. The molecule has 0 fully saturated rings. The molecule has 2 rings (SSSR count). The number of carbonyl (C=O) groups excluding carboxylic acids is 1. The zero-order valence-electron chi connectivity index (χ0n) is 18.0. The van der Waals surface area contributed by atoms with E-state index < -0.39 is 17.8 Å². The fraction of sp³-hybridized carbons (Fsp3) is 0.273. The average Bonchev–Trinajstić information content (AvgIpc) is 2.76. The lowest BCUT2D eigenvalue weighted by atomic mass is 9.99. The molecule has 0 heterocycles. The van der Waals surface area contributed by atoms with Crippen LogP contribution >= 0.6 is 0 Å². The number of carbonyl (C=O) groups is 1. The molecule has 0 saturated heterocycles. The molecule has 2 aromatic rings. The Labute approximate surface area is 180 Å². The van der Waals surface area contributed by atoms with Crippen LogP contribution in [0.4, 0.5) is 4.39 Å². The molecule has 1 amide bonds. The number of nitrogens with one attached hydrogen (secondary N) is 1. The molecule has 1 unspecified atom stereocenters. The highest BCUT2D eigenvalue weighted by Crippen LogP contribution is 2.22. The Morgan fingerprint density at radius 1 is 1.10 bits per heavy atom. The molecule has 0 aliphatic rings. The molecule has 2 aromatic carbocycles. The van der Waals surface area contributed by atoms with Crippen molar-refractivity contribution < 1.29 is 23.7 Å². The zero-order valence-corrected chi connectivity index (χ0v) is 18.0. The van der Waals surface area contributed by atoms with Gasteiger partial charge in [0.15, 0.2) is 5.71 Å². The maximum atomic E-state index is 14.3. The van der Waals surface area contributed by atoms with E-state index in [1.54, 1.807) is 50.2 Å². The molecule has 9 heteroatoms. The van der Waals surface area contributed by atoms with Crippen molar-refractivity contribution >= 4 is 23.5 Å². The van der Waals surface area contributed by atoms with Gasteiger partial charge in [-0.05, 0) is 31.5 Å². The summed E-state index contributed by atoms with van der Waals surface area (Å²) in [7, 11) is 4.22. The average molecular weight is 428 g/mol. The topological polar surface area (TPSA) is 93.9 Å². The SMILES string of the molecule is CNC(=O)C(=NOC)c1ccccc1C(C)ON=CC(=NOC)c1ccc(C)cc1F. The molecule has 31 heavy (non-hydrogen) atoms. The second-order valence-electron chi connectivity index (χ2n) is 6.41. The molecular weight excluding hydrogens is 403 g/mol. The predicted octanol–water partition coefficient (Wildman–Crippen LogP) is 3.34. The van der Waals surface area contributed by atoms with Crippen LogP contribution in [0.1, 0.15) is 35.3 Å². The quantitative estimate of drug-likeness (QED) is 0.490. The molecule has 0 aliphatic carbocycles. The third-order valence-electron chi connectivity index (χ3n) is 4.26. The summed E-state index contributed by atoms with van der Waals surface area (Å²) in [5.74, 6) is -0.860. The highest BCUT2D eigenvalue weighted by atomic mass is 19.1. The van der Waals surface area contributed by atoms with Gasteiger partial charge in [0, 0.05) is 23.7 Å². The number of hydrogen-bond acceptors (Lipinski definition) is 7. The number of amides is 1. The molecule has 0 radical (unpaired) electrons. The van der Waals surface area contributed by atoms with Crippen LogP contribution in [0.3, 0.4) is 0 Å². The van der Waals surface area contributed by atoms with Gasteiger partial charge in [-0.15, -0.1) is 0 Å². The van der Waals surface area contributed by atoms with Gasteiger partial charge in [0.2, 0.25) is 0 Å². The summed E-state index contributed by atoms with van der Waals surface area (Å²) < 4.78 is 14.3. The third-order valence-corrected chi connectivity index (χ3v) is 4.26. The van der Waals surface area contributed by atoms with Crippen LogP contribution in [-0.2, 0) is 19.3 Å². The Balaban J connectivity index is 2.28. The van der Waals surface area contributed by atoms with Gasteiger partial charge in [-0.2, -0.15) is 0 Å². The molecule has 0 aromatic heterocycles. The largest absolute Gasteiger partial charge is 0.399 e. The van der Waals surface area contributed by atoms with Gasteiger partial charge in [-0.3, -0.25) is 4.79 Å². The first kappa shape index (κ1) is 23.5. The Morgan fingerprint density at radius 3 is 2.45 bits per heavy atom. The van der Waals surface area contributed by atoms with Crippen LogP contribution in [0.15, 0.2) is 57.9 Å². The first-order valence-corrected chi connectivity index (χ1v) is 9.42. The molecule has 0 spiro atoms. The number of benzene rings is 2. The van der Waals surface area contributed by atoms with E-state index in [-0.39, 0.29) is 17.0 Å². The standard InChI is InChI=1S/C22H25FN4O4/c1-14-10-11-18(19(23)12-14)20(26-29-4)13-25-31-15(2)16-8-6-7-9-17(16)21(27-30-5)22(28)24-3/h6-13,15H,1-5H3,(H,24,28). The number of hydrogen-bond donors (Lipinski definition) is 1. The van der Waals surface area contributed by atoms with Crippen molar-refractivity contribution in [3.05, 3.63) is 70.5 Å². The maximum Gasteiger partial charge on any atom is 0.273 e. The number of nitrogens with zero attached hydrogens (tertiary/aromatic N) is 3. The van der Waals surface area contributed by atoms with E-state index >= 15 is 0 Å². The lowest BCUT2D eigenvalue weighted by molar-refractivity contribution is -0.114. The molecule has 0 saturated carbocycles. The predicted molar refractivity (Wildman–Crippen MR) is 117 cm³/mol. The minimum absolute atomic E-state index is 0.100. The Bertz CT molecular complexity index is 1000. The van der Waals surface area contributed by atoms with Crippen molar-refractivity contribution in [3.63, 3.8) is 0 Å². The lowest BCUT2D eigenvalue weighted by Crippen LogP contribution is -2.29. The van der Waals surface area contributed by atoms with Gasteiger partial charge in [0.25, 0.3) is 5.91 Å². The van der Waals surface area contributed by atoms with E-state index in [4.69, 9.17) is 14.5 Å². The normalized spacial score (nSPS) is 13.1. The summed E-state index contributed by atoms with van der Waals surface area (Å²) in [5, 5.41) is 14.1. The third kappa shape index (κ3) is 6.11. The van der Waals surface area contributed by atoms with Crippen LogP contribution in [0.2, 0.25) is 0 Å². The Hall–Kier alpha value is -3.75. The van der Waals surface area contributed by atoms with Crippen LogP contribution < -0.4 is 5.32 Å². The van der Waals surface area contributed by atoms with Crippen LogP contribution in [0.5, 0.6) is 0 Å². The Morgan fingerprint density at radius 2 is 1.81 bits per heavy atom. The monoisotopic (exact) mass is 428 g/mol. The second-order valence-corrected chi connectivity index (χ2v) is 6.41. The molecule has 1 N–H and O–H groups in total. The maximum absolute atomic E-state index is 14.3. The summed E-state index contributed by atoms with van der Waals surface area (Å²) in [5.41, 5.74) is 2.45. The highest BCUT2D eigenvalue weighted by molar-refractivity contribution is 6.45. The number of aryl methyl sites for hydroxylation is 1. The number of halogens is 1. The first-order chi connectivity index (χ1) is 14.9. The van der Waals surface area contributed by atoms with E-state index in [1.165, 1.54) is 33.5 Å². The van der Waals surface area contributed by atoms with Gasteiger partial charge in [-0.1, -0.05) is 45.8 Å². The van der Waals surface area contributed by atoms with Crippen molar-refractivity contribution in [1.29, 1.82) is 0 Å².